The first-order valence-electron chi connectivity index (χ1n) is 5.12. The minimum absolute atomic E-state index is 0.0887. The summed E-state index contributed by atoms with van der Waals surface area (Å²) in [6.45, 7) is 0. The van der Waals surface area contributed by atoms with Crippen molar-refractivity contribution in [3.05, 3.63) is 58.9 Å². The molecule has 3 nitrogen and oxygen atoms in total. The zero-order valence-corrected chi connectivity index (χ0v) is 9.91. The van der Waals surface area contributed by atoms with Gasteiger partial charge in [-0.2, -0.15) is 0 Å². The summed E-state index contributed by atoms with van der Waals surface area (Å²) in [6, 6.07) is 10.4. The van der Waals surface area contributed by atoms with Crippen molar-refractivity contribution in [3.8, 4) is 0 Å². The van der Waals surface area contributed by atoms with Gasteiger partial charge in [0.15, 0.2) is 0 Å². The maximum absolute atomic E-state index is 13.6. The maximum Gasteiger partial charge on any atom is 0.335 e. The Labute approximate surface area is 108 Å². The molecule has 0 aliphatic carbocycles. The number of halogens is 2. The number of aromatic carboxylic acids is 1. The van der Waals surface area contributed by atoms with Gasteiger partial charge in [-0.25, -0.2) is 9.18 Å². The Morgan fingerprint density at radius 3 is 2.39 bits per heavy atom. The molecule has 2 N–H and O–H groups in total. The molecule has 0 heterocycles. The van der Waals surface area contributed by atoms with Crippen molar-refractivity contribution in [3.63, 3.8) is 0 Å². The van der Waals surface area contributed by atoms with Gasteiger partial charge < -0.3 is 10.4 Å². The summed E-state index contributed by atoms with van der Waals surface area (Å²) in [7, 11) is 0. The van der Waals surface area contributed by atoms with Crippen molar-refractivity contribution < 1.29 is 14.3 Å². The normalized spacial score (nSPS) is 10.1. The number of hydrogen-bond acceptors (Lipinski definition) is 2. The third kappa shape index (κ3) is 2.78. The number of anilines is 2. The van der Waals surface area contributed by atoms with Crippen LogP contribution in [0.2, 0.25) is 5.02 Å². The molecule has 0 saturated heterocycles. The van der Waals surface area contributed by atoms with Gasteiger partial charge in [-0.3, -0.25) is 0 Å². The summed E-state index contributed by atoms with van der Waals surface area (Å²) >= 11 is 5.73. The molecule has 0 aliphatic rings. The van der Waals surface area contributed by atoms with Gasteiger partial charge >= 0.3 is 5.97 Å². The smallest absolute Gasteiger partial charge is 0.335 e. The highest BCUT2D eigenvalue weighted by Gasteiger charge is 2.08. The van der Waals surface area contributed by atoms with Crippen LogP contribution in [0.1, 0.15) is 10.4 Å². The van der Waals surface area contributed by atoms with Gasteiger partial charge in [0, 0.05) is 10.7 Å². The topological polar surface area (TPSA) is 49.3 Å². The maximum atomic E-state index is 13.6. The zero-order chi connectivity index (χ0) is 13.1. The number of carboxylic acid groups (broad SMARTS) is 1. The molecule has 2 rings (SSSR count). The third-order valence-corrected chi connectivity index (χ3v) is 2.59. The Morgan fingerprint density at radius 2 is 1.83 bits per heavy atom. The van der Waals surface area contributed by atoms with Gasteiger partial charge in [-0.15, -0.1) is 0 Å². The summed E-state index contributed by atoms with van der Waals surface area (Å²) in [5.41, 5.74) is 0.790. The summed E-state index contributed by atoms with van der Waals surface area (Å²) in [5, 5.41) is 12.1. The van der Waals surface area contributed by atoms with Crippen LogP contribution in [-0.4, -0.2) is 11.1 Å². The van der Waals surface area contributed by atoms with E-state index in [1.54, 1.807) is 24.3 Å². The fraction of sp³-hybridized carbons (Fsp3) is 0. The number of carbonyl (C=O) groups is 1. The predicted octanol–water partition coefficient (Wildman–Crippen LogP) is 3.92. The number of benzene rings is 2. The summed E-state index contributed by atoms with van der Waals surface area (Å²) in [5.74, 6) is -1.78. The van der Waals surface area contributed by atoms with Gasteiger partial charge in [0.1, 0.15) is 5.82 Å². The lowest BCUT2D eigenvalue weighted by Crippen LogP contribution is -1.99. The fourth-order valence-electron chi connectivity index (χ4n) is 1.44. The molecule has 92 valence electrons. The molecule has 2 aromatic rings. The lowest BCUT2D eigenvalue weighted by molar-refractivity contribution is 0.0696. The highest BCUT2D eigenvalue weighted by Crippen LogP contribution is 2.22. The van der Waals surface area contributed by atoms with E-state index < -0.39 is 11.8 Å². The molecule has 0 spiro atoms. The van der Waals surface area contributed by atoms with Crippen molar-refractivity contribution in [2.24, 2.45) is 0 Å². The molecule has 2 aromatic carbocycles. The first-order valence-corrected chi connectivity index (χ1v) is 5.49. The Kier molecular flexibility index (Phi) is 3.48. The first-order chi connectivity index (χ1) is 8.56. The summed E-state index contributed by atoms with van der Waals surface area (Å²) in [6.07, 6.45) is 0. The van der Waals surface area contributed by atoms with Crippen molar-refractivity contribution in [1.29, 1.82) is 0 Å². The van der Waals surface area contributed by atoms with Crippen LogP contribution in [0.15, 0.2) is 42.5 Å². The van der Waals surface area contributed by atoms with E-state index in [9.17, 15) is 9.18 Å². The first kappa shape index (κ1) is 12.4. The average Bonchev–Trinajstić information content (AvgIpc) is 2.34. The summed E-state index contributed by atoms with van der Waals surface area (Å²) in [4.78, 5) is 10.7. The third-order valence-electron chi connectivity index (χ3n) is 2.34. The van der Waals surface area contributed by atoms with Crippen LogP contribution in [0.25, 0.3) is 0 Å². The summed E-state index contributed by atoms with van der Waals surface area (Å²) < 4.78 is 13.6. The second-order valence-electron chi connectivity index (χ2n) is 3.63. The van der Waals surface area contributed by atoms with E-state index in [4.69, 9.17) is 16.7 Å². The Bertz CT molecular complexity index is 584. The Morgan fingerprint density at radius 1 is 1.17 bits per heavy atom. The molecule has 0 unspecified atom stereocenters. The Hall–Kier alpha value is -2.07. The number of carboxylic acids is 1. The van der Waals surface area contributed by atoms with Gasteiger partial charge in [0.25, 0.3) is 0 Å². The average molecular weight is 266 g/mol. The van der Waals surface area contributed by atoms with Gasteiger partial charge in [0.05, 0.1) is 11.3 Å². The van der Waals surface area contributed by atoms with Crippen molar-refractivity contribution in [2.75, 3.05) is 5.32 Å². The molecular weight excluding hydrogens is 257 g/mol. The van der Waals surface area contributed by atoms with Gasteiger partial charge in [-0.1, -0.05) is 11.6 Å². The molecule has 18 heavy (non-hydrogen) atoms. The molecule has 5 heteroatoms. The van der Waals surface area contributed by atoms with Crippen LogP contribution in [-0.2, 0) is 0 Å². The molecule has 0 radical (unpaired) electrons. The second kappa shape index (κ2) is 5.06. The molecule has 0 aromatic heterocycles. The molecule has 0 bridgehead atoms. The van der Waals surface area contributed by atoms with E-state index in [2.05, 4.69) is 5.32 Å². The van der Waals surface area contributed by atoms with Crippen LogP contribution in [0.5, 0.6) is 0 Å². The standard InChI is InChI=1S/C13H9ClFNO2/c14-9-2-4-10(5-3-9)16-12-6-1-8(13(17)18)7-11(12)15/h1-7,16H,(H,17,18). The lowest BCUT2D eigenvalue weighted by atomic mass is 10.2. The fourth-order valence-corrected chi connectivity index (χ4v) is 1.56. The van der Waals surface area contributed by atoms with E-state index in [1.165, 1.54) is 12.1 Å². The van der Waals surface area contributed by atoms with Crippen molar-refractivity contribution in [1.82, 2.24) is 0 Å². The SMILES string of the molecule is O=C(O)c1ccc(Nc2ccc(Cl)cc2)c(F)c1. The molecule has 0 fully saturated rings. The van der Waals surface area contributed by atoms with Gasteiger partial charge in [-0.05, 0) is 42.5 Å². The predicted molar refractivity (Wildman–Crippen MR) is 68.1 cm³/mol. The van der Waals surface area contributed by atoms with Crippen LogP contribution < -0.4 is 5.32 Å². The lowest BCUT2D eigenvalue weighted by Gasteiger charge is -2.08. The second-order valence-corrected chi connectivity index (χ2v) is 4.07. The van der Waals surface area contributed by atoms with E-state index in [-0.39, 0.29) is 11.3 Å². The van der Waals surface area contributed by atoms with E-state index in [0.717, 1.165) is 6.07 Å². The van der Waals surface area contributed by atoms with Crippen LogP contribution in [0.4, 0.5) is 15.8 Å². The molecule has 0 atom stereocenters. The monoisotopic (exact) mass is 265 g/mol. The highest BCUT2D eigenvalue weighted by atomic mass is 35.5. The van der Waals surface area contributed by atoms with E-state index >= 15 is 0 Å². The van der Waals surface area contributed by atoms with Crippen LogP contribution in [0.3, 0.4) is 0 Å². The largest absolute Gasteiger partial charge is 0.478 e. The zero-order valence-electron chi connectivity index (χ0n) is 9.15. The van der Waals surface area contributed by atoms with Crippen LogP contribution in [0, 0.1) is 5.82 Å². The molecule has 0 saturated carbocycles. The van der Waals surface area contributed by atoms with Crippen molar-refractivity contribution in [2.45, 2.75) is 0 Å². The number of rotatable bonds is 3. The highest BCUT2D eigenvalue weighted by molar-refractivity contribution is 6.30. The molecule has 0 amide bonds. The number of hydrogen-bond donors (Lipinski definition) is 2. The number of nitrogens with one attached hydrogen (secondary N) is 1. The van der Waals surface area contributed by atoms with Gasteiger partial charge in [0.2, 0.25) is 0 Å². The van der Waals surface area contributed by atoms with E-state index in [0.29, 0.717) is 10.7 Å². The molecular formula is C13H9ClFNO2. The molecule has 0 aliphatic heterocycles. The van der Waals surface area contributed by atoms with Crippen LogP contribution >= 0.6 is 11.6 Å². The Balaban J connectivity index is 2.24. The minimum Gasteiger partial charge on any atom is -0.478 e. The minimum atomic E-state index is -1.16. The quantitative estimate of drug-likeness (QED) is 0.884. The van der Waals surface area contributed by atoms with Crippen molar-refractivity contribution >= 4 is 28.9 Å². The van der Waals surface area contributed by atoms with E-state index in [1.807, 2.05) is 0 Å².